The van der Waals surface area contributed by atoms with Crippen molar-refractivity contribution in [2.45, 2.75) is 6.42 Å². The van der Waals surface area contributed by atoms with E-state index in [-0.39, 0.29) is 6.42 Å². The molecule has 0 radical (unpaired) electrons. The van der Waals surface area contributed by atoms with Crippen molar-refractivity contribution in [1.82, 2.24) is 0 Å². The first-order chi connectivity index (χ1) is 13.6. The first-order valence-corrected chi connectivity index (χ1v) is 9.00. The summed E-state index contributed by atoms with van der Waals surface area (Å²) >= 11 is 6.02. The summed E-state index contributed by atoms with van der Waals surface area (Å²) in [7, 11) is 0. The summed E-state index contributed by atoms with van der Waals surface area (Å²) in [5.74, 6) is 0.147. The summed E-state index contributed by atoms with van der Waals surface area (Å²) in [6.07, 6.45) is 0.000653. The third kappa shape index (κ3) is 5.59. The van der Waals surface area contributed by atoms with Crippen LogP contribution in [0.4, 0.5) is 5.69 Å². The molecule has 3 rings (SSSR count). The topological polar surface area (TPSA) is 64.6 Å². The van der Waals surface area contributed by atoms with Gasteiger partial charge in [-0.3, -0.25) is 9.59 Å². The Hall–Kier alpha value is -3.31. The number of carbonyl (C=O) groups is 2. The molecule has 0 aliphatic rings. The molecular weight excluding hydrogens is 378 g/mol. The quantitative estimate of drug-likeness (QED) is 0.580. The monoisotopic (exact) mass is 395 g/mol. The molecule has 3 aromatic carbocycles. The molecule has 142 valence electrons. The predicted molar refractivity (Wildman–Crippen MR) is 108 cm³/mol. The number of halogens is 1. The van der Waals surface area contributed by atoms with Crippen LogP contribution >= 0.6 is 11.6 Å². The number of hydrogen-bond donors (Lipinski definition) is 1. The van der Waals surface area contributed by atoms with Crippen LogP contribution in [0.25, 0.3) is 0 Å². The van der Waals surface area contributed by atoms with Crippen LogP contribution in [0.5, 0.6) is 11.5 Å². The van der Waals surface area contributed by atoms with Crippen molar-refractivity contribution >= 4 is 29.2 Å². The van der Waals surface area contributed by atoms with Crippen LogP contribution in [0.3, 0.4) is 0 Å². The lowest BCUT2D eigenvalue weighted by molar-refractivity contribution is -0.146. The van der Waals surface area contributed by atoms with Gasteiger partial charge < -0.3 is 14.8 Å². The van der Waals surface area contributed by atoms with Gasteiger partial charge in [0.25, 0.3) is 5.91 Å². The zero-order chi connectivity index (χ0) is 19.8. The fraction of sp³-hybridized carbons (Fsp3) is 0.0909. The Morgan fingerprint density at radius 2 is 1.54 bits per heavy atom. The van der Waals surface area contributed by atoms with E-state index in [9.17, 15) is 9.59 Å². The minimum atomic E-state index is -0.530. The number of anilines is 1. The van der Waals surface area contributed by atoms with Gasteiger partial charge in [-0.15, -0.1) is 0 Å². The SMILES string of the molecule is O=C(COC(=O)Cc1ccccc1Cl)Nc1ccccc1Oc1ccccc1. The van der Waals surface area contributed by atoms with Gasteiger partial charge in [-0.05, 0) is 35.9 Å². The molecule has 0 fully saturated rings. The number of esters is 1. The summed E-state index contributed by atoms with van der Waals surface area (Å²) in [5.41, 5.74) is 1.13. The lowest BCUT2D eigenvalue weighted by Gasteiger charge is -2.12. The van der Waals surface area contributed by atoms with E-state index in [0.29, 0.717) is 27.8 Å². The maximum atomic E-state index is 12.2. The van der Waals surface area contributed by atoms with Gasteiger partial charge in [0, 0.05) is 5.02 Å². The van der Waals surface area contributed by atoms with Crippen LogP contribution in [0.1, 0.15) is 5.56 Å². The Labute approximate surface area is 167 Å². The molecule has 0 atom stereocenters. The Morgan fingerprint density at radius 1 is 0.857 bits per heavy atom. The van der Waals surface area contributed by atoms with Gasteiger partial charge in [-0.1, -0.05) is 60.1 Å². The molecule has 1 amide bonds. The van der Waals surface area contributed by atoms with Crippen molar-refractivity contribution in [3.63, 3.8) is 0 Å². The molecule has 0 aliphatic carbocycles. The standard InChI is InChI=1S/C22H18ClNO4/c23-18-11-5-4-8-16(18)14-22(26)27-15-21(25)24-19-12-6-7-13-20(19)28-17-9-2-1-3-10-17/h1-13H,14-15H2,(H,24,25). The Kier molecular flexibility index (Phi) is 6.65. The zero-order valence-corrected chi connectivity index (χ0v) is 15.7. The molecule has 0 saturated carbocycles. The number of nitrogens with one attached hydrogen (secondary N) is 1. The van der Waals surface area contributed by atoms with Crippen molar-refractivity contribution in [3.05, 3.63) is 89.4 Å². The van der Waals surface area contributed by atoms with Crippen molar-refractivity contribution in [1.29, 1.82) is 0 Å². The van der Waals surface area contributed by atoms with Crippen LogP contribution in [0.15, 0.2) is 78.9 Å². The summed E-state index contributed by atoms with van der Waals surface area (Å²) in [4.78, 5) is 24.1. The first-order valence-electron chi connectivity index (χ1n) is 8.62. The molecule has 0 aromatic heterocycles. The normalized spacial score (nSPS) is 10.2. The van der Waals surface area contributed by atoms with Crippen molar-refractivity contribution < 1.29 is 19.1 Å². The molecule has 28 heavy (non-hydrogen) atoms. The highest BCUT2D eigenvalue weighted by atomic mass is 35.5. The van der Waals surface area contributed by atoms with Crippen LogP contribution < -0.4 is 10.1 Å². The summed E-state index contributed by atoms with van der Waals surface area (Å²) < 4.78 is 10.8. The average Bonchev–Trinajstić information content (AvgIpc) is 2.70. The van der Waals surface area contributed by atoms with E-state index in [1.165, 1.54) is 0 Å². The maximum Gasteiger partial charge on any atom is 0.310 e. The Bertz CT molecular complexity index is 960. The van der Waals surface area contributed by atoms with Crippen LogP contribution in [-0.2, 0) is 20.7 Å². The van der Waals surface area contributed by atoms with E-state index >= 15 is 0 Å². The molecule has 5 nitrogen and oxygen atoms in total. The van der Waals surface area contributed by atoms with E-state index in [1.54, 1.807) is 48.5 Å². The molecule has 3 aromatic rings. The van der Waals surface area contributed by atoms with E-state index in [0.717, 1.165) is 0 Å². The minimum Gasteiger partial charge on any atom is -0.455 e. The number of benzene rings is 3. The fourth-order valence-electron chi connectivity index (χ4n) is 2.46. The highest BCUT2D eigenvalue weighted by molar-refractivity contribution is 6.31. The van der Waals surface area contributed by atoms with E-state index in [2.05, 4.69) is 5.32 Å². The molecule has 1 N–H and O–H groups in total. The smallest absolute Gasteiger partial charge is 0.310 e. The molecule has 0 saturated heterocycles. The second-order valence-electron chi connectivity index (χ2n) is 5.89. The summed E-state index contributed by atoms with van der Waals surface area (Å²) in [6.45, 7) is -0.400. The average molecular weight is 396 g/mol. The molecule has 0 aliphatic heterocycles. The van der Waals surface area contributed by atoms with E-state index < -0.39 is 18.5 Å². The van der Waals surface area contributed by atoms with Crippen molar-refractivity contribution in [2.75, 3.05) is 11.9 Å². The van der Waals surface area contributed by atoms with Crippen LogP contribution in [-0.4, -0.2) is 18.5 Å². The summed E-state index contributed by atoms with van der Waals surface area (Å²) in [5, 5.41) is 3.18. The molecule has 0 heterocycles. The lowest BCUT2D eigenvalue weighted by atomic mass is 10.1. The predicted octanol–water partition coefficient (Wildman–Crippen LogP) is 4.86. The maximum absolute atomic E-state index is 12.2. The van der Waals surface area contributed by atoms with Gasteiger partial charge in [-0.2, -0.15) is 0 Å². The lowest BCUT2D eigenvalue weighted by Crippen LogP contribution is -2.22. The second-order valence-corrected chi connectivity index (χ2v) is 6.30. The minimum absolute atomic E-state index is 0.000653. The van der Waals surface area contributed by atoms with Gasteiger partial charge in [-0.25, -0.2) is 0 Å². The summed E-state index contributed by atoms with van der Waals surface area (Å²) in [6, 6.07) is 23.2. The Morgan fingerprint density at radius 3 is 2.32 bits per heavy atom. The van der Waals surface area contributed by atoms with Gasteiger partial charge >= 0.3 is 5.97 Å². The number of para-hydroxylation sites is 3. The van der Waals surface area contributed by atoms with E-state index in [1.807, 2.05) is 30.3 Å². The second kappa shape index (κ2) is 9.58. The van der Waals surface area contributed by atoms with Crippen LogP contribution in [0, 0.1) is 0 Å². The number of ether oxygens (including phenoxy) is 2. The highest BCUT2D eigenvalue weighted by Gasteiger charge is 2.12. The molecule has 0 spiro atoms. The van der Waals surface area contributed by atoms with Crippen molar-refractivity contribution in [3.8, 4) is 11.5 Å². The van der Waals surface area contributed by atoms with Gasteiger partial charge in [0.15, 0.2) is 12.4 Å². The first kappa shape index (κ1) is 19.5. The van der Waals surface area contributed by atoms with Gasteiger partial charge in [0.05, 0.1) is 12.1 Å². The van der Waals surface area contributed by atoms with Crippen LogP contribution in [0.2, 0.25) is 5.02 Å². The molecule has 0 bridgehead atoms. The fourth-order valence-corrected chi connectivity index (χ4v) is 2.66. The van der Waals surface area contributed by atoms with Crippen molar-refractivity contribution in [2.24, 2.45) is 0 Å². The third-order valence-electron chi connectivity index (χ3n) is 3.79. The number of rotatable bonds is 7. The van der Waals surface area contributed by atoms with E-state index in [4.69, 9.17) is 21.1 Å². The number of carbonyl (C=O) groups excluding carboxylic acids is 2. The number of amides is 1. The number of hydrogen-bond acceptors (Lipinski definition) is 4. The van der Waals surface area contributed by atoms with Gasteiger partial charge in [0.2, 0.25) is 0 Å². The molecular formula is C22H18ClNO4. The highest BCUT2D eigenvalue weighted by Crippen LogP contribution is 2.29. The Balaban J connectivity index is 1.55. The molecule has 6 heteroatoms. The largest absolute Gasteiger partial charge is 0.455 e. The van der Waals surface area contributed by atoms with Gasteiger partial charge in [0.1, 0.15) is 5.75 Å². The third-order valence-corrected chi connectivity index (χ3v) is 4.16. The molecule has 0 unspecified atom stereocenters. The zero-order valence-electron chi connectivity index (χ0n) is 14.9.